The van der Waals surface area contributed by atoms with Gasteiger partial charge >= 0.3 is 0 Å². The van der Waals surface area contributed by atoms with Crippen molar-refractivity contribution in [1.82, 2.24) is 0 Å². The predicted molar refractivity (Wildman–Crippen MR) is 56.7 cm³/mol. The van der Waals surface area contributed by atoms with Gasteiger partial charge in [-0.25, -0.2) is 4.39 Å². The van der Waals surface area contributed by atoms with E-state index in [1.54, 1.807) is 6.07 Å². The molecule has 0 bridgehead atoms. The summed E-state index contributed by atoms with van der Waals surface area (Å²) in [5.41, 5.74) is 6.65. The average molecular weight is 209 g/mol. The molecule has 2 nitrogen and oxygen atoms in total. The zero-order valence-electron chi connectivity index (χ0n) is 8.62. The van der Waals surface area contributed by atoms with Crippen LogP contribution < -0.4 is 5.73 Å². The molecule has 1 fully saturated rings. The van der Waals surface area contributed by atoms with E-state index in [0.29, 0.717) is 0 Å². The molecule has 15 heavy (non-hydrogen) atoms. The summed E-state index contributed by atoms with van der Waals surface area (Å²) in [6.07, 6.45) is 2.96. The molecular weight excluding hydrogens is 193 g/mol. The van der Waals surface area contributed by atoms with Crippen LogP contribution in [0.15, 0.2) is 24.3 Å². The van der Waals surface area contributed by atoms with Crippen molar-refractivity contribution >= 4 is 0 Å². The van der Waals surface area contributed by atoms with Crippen molar-refractivity contribution in [1.29, 1.82) is 0 Å². The van der Waals surface area contributed by atoms with E-state index < -0.39 is 0 Å². The van der Waals surface area contributed by atoms with Crippen molar-refractivity contribution in [2.24, 2.45) is 11.1 Å². The lowest BCUT2D eigenvalue weighted by Crippen LogP contribution is -2.43. The monoisotopic (exact) mass is 209 g/mol. The molecule has 1 aromatic rings. The summed E-state index contributed by atoms with van der Waals surface area (Å²) in [5, 5.41) is 9.36. The first-order chi connectivity index (χ1) is 7.18. The van der Waals surface area contributed by atoms with Crippen LogP contribution in [-0.2, 0) is 0 Å². The fourth-order valence-electron chi connectivity index (χ4n) is 2.25. The molecule has 0 aromatic heterocycles. The van der Waals surface area contributed by atoms with Crippen LogP contribution in [0.1, 0.15) is 30.9 Å². The molecule has 1 atom stereocenters. The Hall–Kier alpha value is -0.930. The minimum absolute atomic E-state index is 0.0880. The van der Waals surface area contributed by atoms with Gasteiger partial charge in [-0.05, 0) is 30.5 Å². The number of aliphatic hydroxyl groups is 1. The van der Waals surface area contributed by atoms with Crippen molar-refractivity contribution in [3.05, 3.63) is 35.6 Å². The van der Waals surface area contributed by atoms with E-state index in [9.17, 15) is 9.50 Å². The van der Waals surface area contributed by atoms with Crippen LogP contribution >= 0.6 is 0 Å². The van der Waals surface area contributed by atoms with Crippen LogP contribution in [0.3, 0.4) is 0 Å². The number of hydrogen-bond acceptors (Lipinski definition) is 2. The SMILES string of the molecule is NC(c1cccc(F)c1)C1(CO)CCC1. The molecule has 1 saturated carbocycles. The van der Waals surface area contributed by atoms with Crippen LogP contribution in [0.5, 0.6) is 0 Å². The Morgan fingerprint density at radius 3 is 2.67 bits per heavy atom. The van der Waals surface area contributed by atoms with Gasteiger partial charge in [0.2, 0.25) is 0 Å². The highest BCUT2D eigenvalue weighted by Gasteiger charge is 2.42. The largest absolute Gasteiger partial charge is 0.396 e. The van der Waals surface area contributed by atoms with Gasteiger partial charge in [-0.1, -0.05) is 18.6 Å². The number of hydrogen-bond donors (Lipinski definition) is 2. The normalized spacial score (nSPS) is 20.7. The van der Waals surface area contributed by atoms with Gasteiger partial charge in [-0.3, -0.25) is 0 Å². The number of halogens is 1. The molecule has 0 radical (unpaired) electrons. The zero-order chi connectivity index (χ0) is 10.9. The number of rotatable bonds is 3. The second-order valence-electron chi connectivity index (χ2n) is 4.41. The van der Waals surface area contributed by atoms with Crippen molar-refractivity contribution in [3.63, 3.8) is 0 Å². The highest BCUT2D eigenvalue weighted by molar-refractivity contribution is 5.23. The van der Waals surface area contributed by atoms with Gasteiger partial charge in [0.1, 0.15) is 5.82 Å². The lowest BCUT2D eigenvalue weighted by molar-refractivity contribution is 0.0183. The fraction of sp³-hybridized carbons (Fsp3) is 0.500. The third kappa shape index (κ3) is 1.77. The van der Waals surface area contributed by atoms with E-state index >= 15 is 0 Å². The molecule has 0 saturated heterocycles. The first-order valence-corrected chi connectivity index (χ1v) is 5.30. The highest BCUT2D eigenvalue weighted by Crippen LogP contribution is 2.48. The Kier molecular flexibility index (Phi) is 2.76. The number of aliphatic hydroxyl groups excluding tert-OH is 1. The first kappa shape index (κ1) is 10.6. The summed E-state index contributed by atoms with van der Waals surface area (Å²) < 4.78 is 13.0. The summed E-state index contributed by atoms with van der Waals surface area (Å²) in [6.45, 7) is 0.0880. The van der Waals surface area contributed by atoms with Crippen LogP contribution in [0, 0.1) is 11.2 Å². The zero-order valence-corrected chi connectivity index (χ0v) is 8.62. The maximum atomic E-state index is 13.0. The molecular formula is C12H16FNO. The minimum Gasteiger partial charge on any atom is -0.396 e. The first-order valence-electron chi connectivity index (χ1n) is 5.30. The molecule has 0 spiro atoms. The third-order valence-electron chi connectivity index (χ3n) is 3.53. The van der Waals surface area contributed by atoms with E-state index in [0.717, 1.165) is 24.8 Å². The molecule has 82 valence electrons. The molecule has 3 heteroatoms. The van der Waals surface area contributed by atoms with Crippen LogP contribution in [0.4, 0.5) is 4.39 Å². The molecule has 1 aromatic carbocycles. The Balaban J connectivity index is 2.23. The number of nitrogens with two attached hydrogens (primary N) is 1. The van der Waals surface area contributed by atoms with Crippen LogP contribution in [0.25, 0.3) is 0 Å². The van der Waals surface area contributed by atoms with E-state index in [2.05, 4.69) is 0 Å². The fourth-order valence-corrected chi connectivity index (χ4v) is 2.25. The van der Waals surface area contributed by atoms with Crippen molar-refractivity contribution in [2.45, 2.75) is 25.3 Å². The van der Waals surface area contributed by atoms with E-state index in [4.69, 9.17) is 5.73 Å². The molecule has 2 rings (SSSR count). The summed E-state index contributed by atoms with van der Waals surface area (Å²) in [5.74, 6) is -0.268. The second-order valence-corrected chi connectivity index (χ2v) is 4.41. The Labute approximate surface area is 88.9 Å². The smallest absolute Gasteiger partial charge is 0.123 e. The predicted octanol–water partition coefficient (Wildman–Crippen LogP) is 1.99. The van der Waals surface area contributed by atoms with E-state index in [1.807, 2.05) is 6.07 Å². The van der Waals surface area contributed by atoms with E-state index in [1.165, 1.54) is 12.1 Å². The molecule has 1 aliphatic rings. The molecule has 3 N–H and O–H groups in total. The quantitative estimate of drug-likeness (QED) is 0.799. The Morgan fingerprint density at radius 1 is 1.47 bits per heavy atom. The van der Waals surface area contributed by atoms with Gasteiger partial charge in [0.25, 0.3) is 0 Å². The average Bonchev–Trinajstić information content (AvgIpc) is 2.17. The van der Waals surface area contributed by atoms with Crippen molar-refractivity contribution in [3.8, 4) is 0 Å². The molecule has 0 heterocycles. The van der Waals surface area contributed by atoms with Gasteiger partial charge in [-0.15, -0.1) is 0 Å². The van der Waals surface area contributed by atoms with Crippen LogP contribution in [-0.4, -0.2) is 11.7 Å². The second kappa shape index (κ2) is 3.91. The Morgan fingerprint density at radius 2 is 2.20 bits per heavy atom. The molecule has 1 unspecified atom stereocenters. The van der Waals surface area contributed by atoms with Gasteiger partial charge in [-0.2, -0.15) is 0 Å². The van der Waals surface area contributed by atoms with Gasteiger partial charge in [0.05, 0.1) is 6.61 Å². The summed E-state index contributed by atoms with van der Waals surface area (Å²) in [7, 11) is 0. The summed E-state index contributed by atoms with van der Waals surface area (Å²) in [6, 6.07) is 6.09. The van der Waals surface area contributed by atoms with Gasteiger partial charge < -0.3 is 10.8 Å². The summed E-state index contributed by atoms with van der Waals surface area (Å²) in [4.78, 5) is 0. The minimum atomic E-state index is -0.268. The molecule has 1 aliphatic carbocycles. The maximum absolute atomic E-state index is 13.0. The van der Waals surface area contributed by atoms with Crippen LogP contribution in [0.2, 0.25) is 0 Å². The summed E-state index contributed by atoms with van der Waals surface area (Å²) >= 11 is 0. The lowest BCUT2D eigenvalue weighted by Gasteiger charge is -2.45. The molecule has 0 aliphatic heterocycles. The third-order valence-corrected chi connectivity index (χ3v) is 3.53. The lowest BCUT2D eigenvalue weighted by atomic mass is 9.63. The van der Waals surface area contributed by atoms with Crippen molar-refractivity contribution < 1.29 is 9.50 Å². The van der Waals surface area contributed by atoms with Gasteiger partial charge in [0, 0.05) is 11.5 Å². The highest BCUT2D eigenvalue weighted by atomic mass is 19.1. The molecule has 0 amide bonds. The van der Waals surface area contributed by atoms with E-state index in [-0.39, 0.29) is 23.9 Å². The van der Waals surface area contributed by atoms with Crippen molar-refractivity contribution in [2.75, 3.05) is 6.61 Å². The standard InChI is InChI=1S/C12H16FNO/c13-10-4-1-3-9(7-10)11(14)12(8-15)5-2-6-12/h1,3-4,7,11,15H,2,5-6,8,14H2. The Bertz CT molecular complexity index is 344. The number of benzene rings is 1. The maximum Gasteiger partial charge on any atom is 0.123 e. The van der Waals surface area contributed by atoms with Gasteiger partial charge in [0.15, 0.2) is 0 Å². The topological polar surface area (TPSA) is 46.2 Å².